The molecule has 0 aliphatic rings. The molecule has 3 heteroatoms. The Bertz CT molecular complexity index is 160. The highest BCUT2D eigenvalue weighted by Crippen LogP contribution is 2.25. The maximum Gasteiger partial charge on any atom is 0.0645 e. The molecule has 0 heterocycles. The van der Waals surface area contributed by atoms with E-state index in [1.165, 1.54) is 0 Å². The van der Waals surface area contributed by atoms with Crippen LogP contribution in [0.2, 0.25) is 0 Å². The van der Waals surface area contributed by atoms with E-state index in [0.717, 1.165) is 11.8 Å². The van der Waals surface area contributed by atoms with Gasteiger partial charge in [-0.2, -0.15) is 0 Å². The van der Waals surface area contributed by atoms with Gasteiger partial charge in [0.05, 0.1) is 26.4 Å². The predicted octanol–water partition coefficient (Wildman–Crippen LogP) is 3.18. The fourth-order valence-corrected chi connectivity index (χ4v) is 1.86. The van der Waals surface area contributed by atoms with Crippen molar-refractivity contribution >= 4 is 15.9 Å². The van der Waals surface area contributed by atoms with Gasteiger partial charge in [0.1, 0.15) is 0 Å². The molecule has 0 amide bonds. The summed E-state index contributed by atoms with van der Waals surface area (Å²) in [4.78, 5) is 0. The van der Waals surface area contributed by atoms with Crippen LogP contribution >= 0.6 is 15.9 Å². The molecule has 15 heavy (non-hydrogen) atoms. The molecule has 0 rings (SSSR count). The third-order valence-corrected chi connectivity index (χ3v) is 3.51. The van der Waals surface area contributed by atoms with Crippen LogP contribution in [0.1, 0.15) is 13.3 Å². The van der Waals surface area contributed by atoms with Crippen molar-refractivity contribution in [2.24, 2.45) is 5.41 Å². The number of hydrogen-bond acceptors (Lipinski definition) is 2. The Kier molecular flexibility index (Phi) is 9.06. The highest BCUT2D eigenvalue weighted by molar-refractivity contribution is 9.09. The Labute approximate surface area is 101 Å². The number of alkyl halides is 1. The molecule has 0 N–H and O–H groups in total. The lowest BCUT2D eigenvalue weighted by molar-refractivity contribution is 0.00332. The van der Waals surface area contributed by atoms with Crippen molar-refractivity contribution in [1.29, 1.82) is 0 Å². The summed E-state index contributed by atoms with van der Waals surface area (Å²) in [5.74, 6) is 0. The van der Waals surface area contributed by atoms with Crippen LogP contribution in [0.15, 0.2) is 25.3 Å². The van der Waals surface area contributed by atoms with E-state index >= 15 is 0 Å². The van der Waals surface area contributed by atoms with Crippen molar-refractivity contribution in [3.8, 4) is 0 Å². The minimum absolute atomic E-state index is 0.0615. The van der Waals surface area contributed by atoms with Gasteiger partial charge < -0.3 is 9.47 Å². The van der Waals surface area contributed by atoms with Crippen LogP contribution in [0.3, 0.4) is 0 Å². The zero-order valence-electron chi connectivity index (χ0n) is 9.51. The summed E-state index contributed by atoms with van der Waals surface area (Å²) in [6.45, 7) is 12.0. The first kappa shape index (κ1) is 14.9. The van der Waals surface area contributed by atoms with E-state index in [1.54, 1.807) is 12.2 Å². The molecule has 0 saturated carbocycles. The van der Waals surface area contributed by atoms with E-state index in [4.69, 9.17) is 9.47 Å². The normalized spacial score (nSPS) is 11.3. The second-order valence-electron chi connectivity index (χ2n) is 3.59. The monoisotopic (exact) mass is 276 g/mol. The highest BCUT2D eigenvalue weighted by Gasteiger charge is 2.27. The summed E-state index contributed by atoms with van der Waals surface area (Å²) in [6.07, 6.45) is 4.55. The van der Waals surface area contributed by atoms with Gasteiger partial charge in [0, 0.05) is 10.7 Å². The van der Waals surface area contributed by atoms with Crippen molar-refractivity contribution in [1.82, 2.24) is 0 Å². The van der Waals surface area contributed by atoms with Gasteiger partial charge in [-0.3, -0.25) is 0 Å². The van der Waals surface area contributed by atoms with Gasteiger partial charge >= 0.3 is 0 Å². The van der Waals surface area contributed by atoms with Crippen molar-refractivity contribution < 1.29 is 9.47 Å². The first-order valence-electron chi connectivity index (χ1n) is 5.18. The molecule has 0 saturated heterocycles. The molecular weight excluding hydrogens is 256 g/mol. The average Bonchev–Trinajstić information content (AvgIpc) is 2.28. The van der Waals surface area contributed by atoms with Crippen LogP contribution in [0, 0.1) is 5.41 Å². The lowest BCUT2D eigenvalue weighted by Gasteiger charge is -2.29. The average molecular weight is 277 g/mol. The first-order chi connectivity index (χ1) is 7.24. The molecule has 0 aromatic heterocycles. The van der Waals surface area contributed by atoms with Crippen LogP contribution in [0.5, 0.6) is 0 Å². The van der Waals surface area contributed by atoms with E-state index in [9.17, 15) is 0 Å². The molecule has 0 bridgehead atoms. The van der Waals surface area contributed by atoms with Crippen LogP contribution < -0.4 is 0 Å². The van der Waals surface area contributed by atoms with Crippen LogP contribution in [-0.2, 0) is 9.47 Å². The quantitative estimate of drug-likeness (QED) is 0.347. The number of rotatable bonds is 10. The maximum absolute atomic E-state index is 5.51. The van der Waals surface area contributed by atoms with Crippen LogP contribution in [-0.4, -0.2) is 31.8 Å². The van der Waals surface area contributed by atoms with E-state index in [2.05, 4.69) is 36.0 Å². The van der Waals surface area contributed by atoms with E-state index in [0.29, 0.717) is 26.4 Å². The van der Waals surface area contributed by atoms with Crippen molar-refractivity contribution in [3.63, 3.8) is 0 Å². The number of halogens is 1. The van der Waals surface area contributed by atoms with Crippen LogP contribution in [0.25, 0.3) is 0 Å². The van der Waals surface area contributed by atoms with Crippen LogP contribution in [0.4, 0.5) is 0 Å². The van der Waals surface area contributed by atoms with Gasteiger partial charge in [-0.05, 0) is 6.42 Å². The Hall–Kier alpha value is -0.120. The summed E-state index contributed by atoms with van der Waals surface area (Å²) < 4.78 is 11.0. The summed E-state index contributed by atoms with van der Waals surface area (Å²) in [6, 6.07) is 0. The SMILES string of the molecule is C=CCOCC(CC)(CBr)COCC=C. The molecule has 0 aliphatic heterocycles. The Morgan fingerprint density at radius 1 is 1.13 bits per heavy atom. The molecule has 0 aliphatic carbocycles. The number of hydrogen-bond donors (Lipinski definition) is 0. The highest BCUT2D eigenvalue weighted by atomic mass is 79.9. The maximum atomic E-state index is 5.51. The Balaban J connectivity index is 4.03. The van der Waals surface area contributed by atoms with E-state index in [1.807, 2.05) is 0 Å². The van der Waals surface area contributed by atoms with Crippen molar-refractivity contribution in [2.75, 3.05) is 31.8 Å². The van der Waals surface area contributed by atoms with E-state index < -0.39 is 0 Å². The topological polar surface area (TPSA) is 18.5 Å². The standard InChI is InChI=1S/C12H21BrO2/c1-4-7-14-10-12(6-3,9-13)11-15-8-5-2/h4-5H,1-2,6-11H2,3H3. The third-order valence-electron chi connectivity index (χ3n) is 2.32. The molecule has 0 unspecified atom stereocenters. The molecule has 0 spiro atoms. The zero-order valence-corrected chi connectivity index (χ0v) is 11.1. The minimum Gasteiger partial charge on any atom is -0.377 e. The molecule has 0 aromatic rings. The largest absolute Gasteiger partial charge is 0.377 e. The summed E-state index contributed by atoms with van der Waals surface area (Å²) in [5.41, 5.74) is 0.0615. The smallest absolute Gasteiger partial charge is 0.0645 e. The molecule has 0 fully saturated rings. The number of ether oxygens (including phenoxy) is 2. The fraction of sp³-hybridized carbons (Fsp3) is 0.667. The van der Waals surface area contributed by atoms with Gasteiger partial charge in [0.25, 0.3) is 0 Å². The van der Waals surface area contributed by atoms with Gasteiger partial charge in [-0.15, -0.1) is 13.2 Å². The lowest BCUT2D eigenvalue weighted by atomic mass is 9.90. The van der Waals surface area contributed by atoms with Gasteiger partial charge in [-0.1, -0.05) is 35.0 Å². The molecular formula is C12H21BrO2. The molecule has 88 valence electrons. The minimum atomic E-state index is 0.0615. The molecule has 0 aromatic carbocycles. The van der Waals surface area contributed by atoms with Gasteiger partial charge in [-0.25, -0.2) is 0 Å². The Morgan fingerprint density at radius 3 is 1.87 bits per heavy atom. The van der Waals surface area contributed by atoms with Crippen molar-refractivity contribution in [3.05, 3.63) is 25.3 Å². The second kappa shape index (κ2) is 9.13. The summed E-state index contributed by atoms with van der Waals surface area (Å²) >= 11 is 3.53. The second-order valence-corrected chi connectivity index (χ2v) is 4.16. The summed E-state index contributed by atoms with van der Waals surface area (Å²) in [5, 5.41) is 0.880. The van der Waals surface area contributed by atoms with Gasteiger partial charge in [0.15, 0.2) is 0 Å². The lowest BCUT2D eigenvalue weighted by Crippen LogP contribution is -2.33. The fourth-order valence-electron chi connectivity index (χ4n) is 1.13. The van der Waals surface area contributed by atoms with E-state index in [-0.39, 0.29) is 5.41 Å². The molecule has 0 atom stereocenters. The Morgan fingerprint density at radius 2 is 1.60 bits per heavy atom. The molecule has 2 nitrogen and oxygen atoms in total. The molecule has 0 radical (unpaired) electrons. The zero-order chi connectivity index (χ0) is 11.6. The third kappa shape index (κ3) is 6.13. The summed E-state index contributed by atoms with van der Waals surface area (Å²) in [7, 11) is 0. The van der Waals surface area contributed by atoms with Crippen molar-refractivity contribution in [2.45, 2.75) is 13.3 Å². The first-order valence-corrected chi connectivity index (χ1v) is 6.30. The predicted molar refractivity (Wildman–Crippen MR) is 68.6 cm³/mol. The van der Waals surface area contributed by atoms with Gasteiger partial charge in [0.2, 0.25) is 0 Å².